The Morgan fingerprint density at radius 1 is 0.773 bits per heavy atom. The first-order valence-corrected chi connectivity index (χ1v) is 8.77. The lowest BCUT2D eigenvalue weighted by molar-refractivity contribution is 0.184. The van der Waals surface area contributed by atoms with E-state index in [0.717, 1.165) is 10.0 Å². The number of methoxy groups -OCH3 is 2. The third-order valence-corrected chi connectivity index (χ3v) is 4.56. The number of ether oxygens (including phenoxy) is 2. The molecule has 9 nitrogen and oxygen atoms in total. The van der Waals surface area contributed by atoms with Crippen LogP contribution >= 0.6 is 30.9 Å². The Morgan fingerprint density at radius 2 is 1.14 bits per heavy atom. The molecule has 120 valence electrons. The van der Waals surface area contributed by atoms with Crippen molar-refractivity contribution >= 4 is 30.9 Å². The normalized spacial score (nSPS) is 11.0. The third kappa shape index (κ3) is 5.69. The van der Waals surface area contributed by atoms with Crippen molar-refractivity contribution in [3.8, 4) is 0 Å². The minimum Gasteiger partial charge on any atom is -0.377 e. The summed E-state index contributed by atoms with van der Waals surface area (Å²) in [5.74, 6) is 0. The molecule has 0 atom stereocenters. The average Bonchev–Trinajstić information content (AvgIpc) is 3.13. The molecule has 2 aromatic rings. The number of rotatable bonds is 10. The SMILES string of the molecule is COCc1nnc(CO[P+](=O)OCc2nnc(COC)s2)s1. The van der Waals surface area contributed by atoms with Gasteiger partial charge in [0.05, 0.1) is 13.2 Å². The highest BCUT2D eigenvalue weighted by Gasteiger charge is 2.23. The fourth-order valence-electron chi connectivity index (χ4n) is 1.31. The summed E-state index contributed by atoms with van der Waals surface area (Å²) in [6.07, 6.45) is 0. The Morgan fingerprint density at radius 3 is 1.50 bits per heavy atom. The van der Waals surface area contributed by atoms with Gasteiger partial charge in [0.25, 0.3) is 0 Å². The summed E-state index contributed by atoms with van der Waals surface area (Å²) >= 11 is 2.66. The lowest BCUT2D eigenvalue weighted by Gasteiger charge is -1.89. The van der Waals surface area contributed by atoms with Crippen LogP contribution in [0.3, 0.4) is 0 Å². The highest BCUT2D eigenvalue weighted by molar-refractivity contribution is 7.33. The topological polar surface area (TPSA) is 106 Å². The first kappa shape index (κ1) is 17.4. The van der Waals surface area contributed by atoms with Crippen LogP contribution in [0.4, 0.5) is 0 Å². The monoisotopic (exact) mass is 365 g/mol. The minimum atomic E-state index is -2.26. The molecule has 2 aromatic heterocycles. The fraction of sp³-hybridized carbons (Fsp3) is 0.600. The molecule has 0 aromatic carbocycles. The largest absolute Gasteiger partial charge is 0.698 e. The van der Waals surface area contributed by atoms with E-state index >= 15 is 0 Å². The molecule has 0 amide bonds. The summed E-state index contributed by atoms with van der Waals surface area (Å²) in [6, 6.07) is 0. The zero-order chi connectivity index (χ0) is 15.8. The van der Waals surface area contributed by atoms with Crippen LogP contribution in [-0.2, 0) is 49.5 Å². The molecule has 0 spiro atoms. The zero-order valence-corrected chi connectivity index (χ0v) is 14.4. The number of nitrogens with zero attached hydrogens (tertiary/aromatic N) is 4. The van der Waals surface area contributed by atoms with Crippen molar-refractivity contribution in [2.24, 2.45) is 0 Å². The summed E-state index contributed by atoms with van der Waals surface area (Å²) in [6.45, 7) is 0.922. The van der Waals surface area contributed by atoms with Crippen LogP contribution in [0, 0.1) is 0 Å². The van der Waals surface area contributed by atoms with Crippen molar-refractivity contribution in [1.29, 1.82) is 0 Å². The molecule has 0 radical (unpaired) electrons. The second-order valence-corrected chi connectivity index (χ2v) is 7.07. The van der Waals surface area contributed by atoms with Gasteiger partial charge in [-0.3, -0.25) is 0 Å². The predicted molar refractivity (Wildman–Crippen MR) is 78.4 cm³/mol. The van der Waals surface area contributed by atoms with E-state index in [1.165, 1.54) is 22.7 Å². The van der Waals surface area contributed by atoms with Crippen molar-refractivity contribution in [3.05, 3.63) is 20.0 Å². The summed E-state index contributed by atoms with van der Waals surface area (Å²) in [7, 11) is 0.895. The van der Waals surface area contributed by atoms with Gasteiger partial charge in [0.1, 0.15) is 20.0 Å². The zero-order valence-electron chi connectivity index (χ0n) is 11.9. The van der Waals surface area contributed by atoms with Gasteiger partial charge in [-0.05, 0) is 0 Å². The van der Waals surface area contributed by atoms with E-state index in [-0.39, 0.29) is 13.2 Å². The molecule has 0 fully saturated rings. The Kier molecular flexibility index (Phi) is 7.33. The quantitative estimate of drug-likeness (QED) is 0.585. The van der Waals surface area contributed by atoms with Gasteiger partial charge in [-0.1, -0.05) is 22.7 Å². The van der Waals surface area contributed by atoms with Gasteiger partial charge in [-0.25, -0.2) is 0 Å². The molecular weight excluding hydrogens is 351 g/mol. The van der Waals surface area contributed by atoms with Gasteiger partial charge in [0.15, 0.2) is 13.2 Å². The van der Waals surface area contributed by atoms with E-state index in [4.69, 9.17) is 18.5 Å². The molecule has 0 saturated heterocycles. The number of aromatic nitrogens is 4. The molecule has 0 N–H and O–H groups in total. The molecule has 2 heterocycles. The van der Waals surface area contributed by atoms with Crippen LogP contribution in [0.25, 0.3) is 0 Å². The highest BCUT2D eigenvalue weighted by atomic mass is 32.1. The Bertz CT molecular complexity index is 557. The maximum absolute atomic E-state index is 11.6. The second kappa shape index (κ2) is 9.26. The number of hydrogen-bond donors (Lipinski definition) is 0. The van der Waals surface area contributed by atoms with Gasteiger partial charge in [-0.2, -0.15) is 0 Å². The molecule has 12 heteroatoms. The van der Waals surface area contributed by atoms with Crippen LogP contribution in [0.2, 0.25) is 0 Å². The van der Waals surface area contributed by atoms with Gasteiger partial charge in [0, 0.05) is 18.8 Å². The lowest BCUT2D eigenvalue weighted by atomic mass is 10.8. The Hall–Kier alpha value is -0.940. The van der Waals surface area contributed by atoms with Crippen LogP contribution < -0.4 is 0 Å². The maximum Gasteiger partial charge on any atom is 0.698 e. The maximum atomic E-state index is 11.6. The molecule has 0 unspecified atom stereocenters. The van der Waals surface area contributed by atoms with Gasteiger partial charge >= 0.3 is 8.25 Å². The van der Waals surface area contributed by atoms with Crippen molar-refractivity contribution in [2.45, 2.75) is 26.4 Å². The molecule has 0 aliphatic heterocycles. The second-order valence-electron chi connectivity index (χ2n) is 3.82. The van der Waals surface area contributed by atoms with Crippen molar-refractivity contribution in [2.75, 3.05) is 14.2 Å². The predicted octanol–water partition coefficient (Wildman–Crippen LogP) is 2.07. The van der Waals surface area contributed by atoms with Crippen LogP contribution in [-0.4, -0.2) is 34.6 Å². The highest BCUT2D eigenvalue weighted by Crippen LogP contribution is 2.28. The first-order chi connectivity index (χ1) is 10.7. The average molecular weight is 365 g/mol. The molecule has 0 aliphatic carbocycles. The third-order valence-electron chi connectivity index (χ3n) is 2.14. The summed E-state index contributed by atoms with van der Waals surface area (Å²) < 4.78 is 31.7. The standard InChI is InChI=1S/C10H14N4O5PS2/c1-16-3-7-11-13-9(21-7)5-18-20(15)19-6-10-14-12-8(22-10)4-17-2/h3-6H2,1-2H3/q+1. The smallest absolute Gasteiger partial charge is 0.377 e. The molecule has 0 aliphatic rings. The Labute approximate surface area is 135 Å². The van der Waals surface area contributed by atoms with E-state index in [1.807, 2.05) is 0 Å². The van der Waals surface area contributed by atoms with E-state index in [0.29, 0.717) is 23.2 Å². The first-order valence-electron chi connectivity index (χ1n) is 6.04. The number of hydrogen-bond acceptors (Lipinski definition) is 11. The van der Waals surface area contributed by atoms with E-state index in [2.05, 4.69) is 20.4 Å². The molecular formula is C10H14N4O5PS2+. The van der Waals surface area contributed by atoms with Gasteiger partial charge < -0.3 is 9.47 Å². The molecule has 22 heavy (non-hydrogen) atoms. The lowest BCUT2D eigenvalue weighted by Crippen LogP contribution is -1.89. The van der Waals surface area contributed by atoms with Crippen molar-refractivity contribution < 1.29 is 23.1 Å². The van der Waals surface area contributed by atoms with Crippen molar-refractivity contribution in [1.82, 2.24) is 20.4 Å². The Balaban J connectivity index is 1.70. The summed E-state index contributed by atoms with van der Waals surface area (Å²) in [4.78, 5) is 0. The summed E-state index contributed by atoms with van der Waals surface area (Å²) in [5.41, 5.74) is 0. The minimum absolute atomic E-state index is 0.0711. The van der Waals surface area contributed by atoms with E-state index in [1.54, 1.807) is 14.2 Å². The van der Waals surface area contributed by atoms with Crippen molar-refractivity contribution in [3.63, 3.8) is 0 Å². The van der Waals surface area contributed by atoms with Crippen LogP contribution in [0.15, 0.2) is 0 Å². The van der Waals surface area contributed by atoms with Gasteiger partial charge in [-0.15, -0.1) is 29.4 Å². The molecule has 0 saturated carbocycles. The summed E-state index contributed by atoms with van der Waals surface area (Å²) in [5, 5.41) is 18.3. The van der Waals surface area contributed by atoms with Crippen LogP contribution in [0.1, 0.15) is 20.0 Å². The van der Waals surface area contributed by atoms with Gasteiger partial charge in [0.2, 0.25) is 0 Å². The molecule has 0 bridgehead atoms. The van der Waals surface area contributed by atoms with E-state index in [9.17, 15) is 4.57 Å². The van der Waals surface area contributed by atoms with E-state index < -0.39 is 8.25 Å². The molecule has 2 rings (SSSR count). The fourth-order valence-corrected chi connectivity index (χ4v) is 3.47. The van der Waals surface area contributed by atoms with Crippen LogP contribution in [0.5, 0.6) is 0 Å².